The molecule has 1 aliphatic heterocycles. The molecule has 0 bridgehead atoms. The van der Waals surface area contributed by atoms with Gasteiger partial charge in [-0.2, -0.15) is 0 Å². The van der Waals surface area contributed by atoms with Gasteiger partial charge in [0.1, 0.15) is 5.82 Å². The summed E-state index contributed by atoms with van der Waals surface area (Å²) in [4.78, 5) is 11.4. The van der Waals surface area contributed by atoms with Gasteiger partial charge in [-0.25, -0.2) is 17.1 Å². The molecule has 7 heteroatoms. The number of sulfonamides is 1. The molecule has 1 amide bonds. The zero-order valence-electron chi connectivity index (χ0n) is 12.6. The van der Waals surface area contributed by atoms with Crippen LogP contribution in [0.15, 0.2) is 24.3 Å². The average molecular weight is 328 g/mol. The Balaban J connectivity index is 1.92. The van der Waals surface area contributed by atoms with Crippen LogP contribution in [0, 0.1) is 5.82 Å². The van der Waals surface area contributed by atoms with Crippen LogP contribution in [0.5, 0.6) is 0 Å². The topological polar surface area (TPSA) is 66.5 Å². The van der Waals surface area contributed by atoms with Gasteiger partial charge in [-0.1, -0.05) is 19.1 Å². The fraction of sp³-hybridized carbons (Fsp3) is 0.533. The van der Waals surface area contributed by atoms with Gasteiger partial charge >= 0.3 is 0 Å². The van der Waals surface area contributed by atoms with Crippen LogP contribution in [0.4, 0.5) is 4.39 Å². The fourth-order valence-electron chi connectivity index (χ4n) is 2.49. The van der Waals surface area contributed by atoms with Crippen molar-refractivity contribution in [3.8, 4) is 0 Å². The Bertz CT molecular complexity index is 608. The van der Waals surface area contributed by atoms with Crippen molar-refractivity contribution in [2.24, 2.45) is 0 Å². The van der Waals surface area contributed by atoms with Gasteiger partial charge in [-0.3, -0.25) is 4.79 Å². The van der Waals surface area contributed by atoms with Crippen molar-refractivity contribution in [3.63, 3.8) is 0 Å². The Hall–Kier alpha value is -1.47. The lowest BCUT2D eigenvalue weighted by Gasteiger charge is -2.31. The Morgan fingerprint density at radius 2 is 1.86 bits per heavy atom. The van der Waals surface area contributed by atoms with E-state index < -0.39 is 10.0 Å². The van der Waals surface area contributed by atoms with E-state index in [2.05, 4.69) is 5.32 Å². The SMILES string of the molecule is CCC(=O)NC1CCN(S(=O)(=O)Cc2ccc(F)cc2)CC1. The highest BCUT2D eigenvalue weighted by atomic mass is 32.2. The molecule has 0 aromatic heterocycles. The molecular weight excluding hydrogens is 307 g/mol. The van der Waals surface area contributed by atoms with Crippen molar-refractivity contribution in [3.05, 3.63) is 35.6 Å². The first-order chi connectivity index (χ1) is 10.4. The monoisotopic (exact) mass is 328 g/mol. The van der Waals surface area contributed by atoms with E-state index in [1.54, 1.807) is 6.92 Å². The Morgan fingerprint density at radius 1 is 1.27 bits per heavy atom. The zero-order chi connectivity index (χ0) is 16.2. The van der Waals surface area contributed by atoms with E-state index in [1.807, 2.05) is 0 Å². The number of piperidine rings is 1. The minimum atomic E-state index is -3.41. The van der Waals surface area contributed by atoms with Crippen LogP contribution in [0.3, 0.4) is 0 Å². The molecule has 1 aromatic rings. The number of nitrogens with zero attached hydrogens (tertiary/aromatic N) is 1. The molecule has 0 radical (unpaired) electrons. The highest BCUT2D eigenvalue weighted by Gasteiger charge is 2.28. The van der Waals surface area contributed by atoms with Crippen LogP contribution in [-0.2, 0) is 20.6 Å². The third-order valence-corrected chi connectivity index (χ3v) is 5.65. The van der Waals surface area contributed by atoms with Crippen molar-refractivity contribution in [1.82, 2.24) is 9.62 Å². The number of carbonyl (C=O) groups excluding carboxylic acids is 1. The van der Waals surface area contributed by atoms with E-state index in [4.69, 9.17) is 0 Å². The second kappa shape index (κ2) is 7.19. The highest BCUT2D eigenvalue weighted by Crippen LogP contribution is 2.18. The first kappa shape index (κ1) is 16.9. The van der Waals surface area contributed by atoms with Gasteiger partial charge in [-0.15, -0.1) is 0 Å². The molecular formula is C15H21FN2O3S. The molecule has 0 saturated carbocycles. The van der Waals surface area contributed by atoms with E-state index in [9.17, 15) is 17.6 Å². The summed E-state index contributed by atoms with van der Waals surface area (Å²) in [5.74, 6) is -0.513. The minimum absolute atomic E-state index is 0.00683. The quantitative estimate of drug-likeness (QED) is 0.894. The number of benzene rings is 1. The lowest BCUT2D eigenvalue weighted by molar-refractivity contribution is -0.121. The van der Waals surface area contributed by atoms with Gasteiger partial charge in [0, 0.05) is 25.6 Å². The van der Waals surface area contributed by atoms with E-state index in [0.717, 1.165) is 0 Å². The summed E-state index contributed by atoms with van der Waals surface area (Å²) in [6, 6.07) is 5.54. The number of carbonyl (C=O) groups is 1. The first-order valence-corrected chi connectivity index (χ1v) is 9.03. The van der Waals surface area contributed by atoms with Crippen molar-refractivity contribution < 1.29 is 17.6 Å². The van der Waals surface area contributed by atoms with E-state index in [-0.39, 0.29) is 23.5 Å². The molecule has 22 heavy (non-hydrogen) atoms. The molecule has 0 unspecified atom stereocenters. The Morgan fingerprint density at radius 3 is 2.41 bits per heavy atom. The average Bonchev–Trinajstić information content (AvgIpc) is 2.50. The number of rotatable bonds is 5. The third kappa shape index (κ3) is 4.51. The molecule has 1 aromatic carbocycles. The summed E-state index contributed by atoms with van der Waals surface area (Å²) < 4.78 is 39.0. The van der Waals surface area contributed by atoms with Crippen LogP contribution in [-0.4, -0.2) is 37.8 Å². The van der Waals surface area contributed by atoms with Gasteiger partial charge in [0.2, 0.25) is 15.9 Å². The molecule has 1 aliphatic rings. The maximum absolute atomic E-state index is 12.9. The van der Waals surface area contributed by atoms with E-state index in [0.29, 0.717) is 37.9 Å². The van der Waals surface area contributed by atoms with Crippen LogP contribution in [0.1, 0.15) is 31.7 Å². The van der Waals surface area contributed by atoms with E-state index in [1.165, 1.54) is 28.6 Å². The first-order valence-electron chi connectivity index (χ1n) is 7.42. The Kier molecular flexibility index (Phi) is 5.52. The van der Waals surface area contributed by atoms with Gasteiger partial charge < -0.3 is 5.32 Å². The van der Waals surface area contributed by atoms with Crippen LogP contribution < -0.4 is 5.32 Å². The van der Waals surface area contributed by atoms with Gasteiger partial charge in [0.05, 0.1) is 5.75 Å². The predicted octanol–water partition coefficient (Wildman–Crippen LogP) is 1.65. The second-order valence-corrected chi connectivity index (χ2v) is 7.45. The number of halogens is 1. The molecule has 0 atom stereocenters. The molecule has 122 valence electrons. The largest absolute Gasteiger partial charge is 0.353 e. The number of nitrogens with one attached hydrogen (secondary N) is 1. The lowest BCUT2D eigenvalue weighted by Crippen LogP contribution is -2.46. The normalized spacial score (nSPS) is 17.4. The third-order valence-electron chi connectivity index (χ3n) is 3.80. The van der Waals surface area contributed by atoms with E-state index >= 15 is 0 Å². The molecule has 1 N–H and O–H groups in total. The van der Waals surface area contributed by atoms with Gasteiger partial charge in [0.15, 0.2) is 0 Å². The number of amides is 1. The van der Waals surface area contributed by atoms with Crippen LogP contribution >= 0.6 is 0 Å². The molecule has 1 heterocycles. The maximum atomic E-state index is 12.9. The number of hydrogen-bond donors (Lipinski definition) is 1. The summed E-state index contributed by atoms with van der Waals surface area (Å²) >= 11 is 0. The summed E-state index contributed by atoms with van der Waals surface area (Å²) in [7, 11) is -3.41. The van der Waals surface area contributed by atoms with Gasteiger partial charge in [0.25, 0.3) is 0 Å². The molecule has 1 fully saturated rings. The van der Waals surface area contributed by atoms with Crippen molar-refractivity contribution in [1.29, 1.82) is 0 Å². The summed E-state index contributed by atoms with van der Waals surface area (Å²) in [5.41, 5.74) is 0.572. The maximum Gasteiger partial charge on any atom is 0.219 e. The second-order valence-electron chi connectivity index (χ2n) is 5.48. The summed E-state index contributed by atoms with van der Waals surface area (Å²) in [5, 5.41) is 2.89. The van der Waals surface area contributed by atoms with Crippen molar-refractivity contribution in [2.75, 3.05) is 13.1 Å². The van der Waals surface area contributed by atoms with Crippen LogP contribution in [0.2, 0.25) is 0 Å². The van der Waals surface area contributed by atoms with Gasteiger partial charge in [-0.05, 0) is 30.5 Å². The highest BCUT2D eigenvalue weighted by molar-refractivity contribution is 7.88. The minimum Gasteiger partial charge on any atom is -0.353 e. The molecule has 0 aliphatic carbocycles. The molecule has 0 spiro atoms. The summed E-state index contributed by atoms with van der Waals surface area (Å²) in [6.07, 6.45) is 1.67. The zero-order valence-corrected chi connectivity index (χ0v) is 13.4. The van der Waals surface area contributed by atoms with Crippen molar-refractivity contribution in [2.45, 2.75) is 38.0 Å². The smallest absolute Gasteiger partial charge is 0.219 e. The molecule has 5 nitrogen and oxygen atoms in total. The number of hydrogen-bond acceptors (Lipinski definition) is 3. The summed E-state index contributed by atoms with van der Waals surface area (Å²) in [6.45, 7) is 2.59. The Labute approximate surface area is 130 Å². The lowest BCUT2D eigenvalue weighted by atomic mass is 10.1. The fourth-order valence-corrected chi connectivity index (χ4v) is 4.05. The van der Waals surface area contributed by atoms with Crippen LogP contribution in [0.25, 0.3) is 0 Å². The predicted molar refractivity (Wildman–Crippen MR) is 82.1 cm³/mol. The molecule has 1 saturated heterocycles. The molecule has 2 rings (SSSR count). The van der Waals surface area contributed by atoms with Crippen molar-refractivity contribution >= 4 is 15.9 Å². The standard InChI is InChI=1S/C15H21FN2O3S/c1-2-15(19)17-14-7-9-18(10-8-14)22(20,21)11-12-3-5-13(16)6-4-12/h3-6,14H,2,7-11H2,1H3,(H,17,19).